The van der Waals surface area contributed by atoms with Gasteiger partial charge in [0.05, 0.1) is 13.2 Å². The molecule has 1 aromatic carbocycles. The summed E-state index contributed by atoms with van der Waals surface area (Å²) in [4.78, 5) is 25.5. The lowest BCUT2D eigenvalue weighted by atomic mass is 9.99. The lowest BCUT2D eigenvalue weighted by molar-refractivity contribution is -0.149. The smallest absolute Gasteiger partial charge is 0.409 e. The largest absolute Gasteiger partial charge is 0.492 e. The number of benzene rings is 1. The van der Waals surface area contributed by atoms with Crippen LogP contribution in [0, 0.1) is 5.41 Å². The average molecular weight is 468 g/mol. The Morgan fingerprint density at radius 1 is 1.03 bits per heavy atom. The molecule has 0 spiro atoms. The minimum atomic E-state index is -0.976. The molecule has 0 heterocycles. The molecule has 8 nitrogen and oxygen atoms in total. The first-order valence-electron chi connectivity index (χ1n) is 11.7. The van der Waals surface area contributed by atoms with Crippen LogP contribution in [0.4, 0.5) is 4.79 Å². The molecule has 1 unspecified atom stereocenters. The summed E-state index contributed by atoms with van der Waals surface area (Å²) in [5, 5.41) is 9.22. The van der Waals surface area contributed by atoms with Crippen molar-refractivity contribution in [3.05, 3.63) is 29.8 Å². The molecule has 33 heavy (non-hydrogen) atoms. The van der Waals surface area contributed by atoms with Gasteiger partial charge in [-0.2, -0.15) is 0 Å². The molecule has 0 aliphatic heterocycles. The van der Waals surface area contributed by atoms with Gasteiger partial charge in [-0.25, -0.2) is 9.59 Å². The molecule has 1 aromatic rings. The maximum absolute atomic E-state index is 12.6. The van der Waals surface area contributed by atoms with E-state index < -0.39 is 12.1 Å². The predicted molar refractivity (Wildman–Crippen MR) is 127 cm³/mol. The van der Waals surface area contributed by atoms with Crippen LogP contribution in [0.3, 0.4) is 0 Å². The number of amides is 1. The van der Waals surface area contributed by atoms with Crippen LogP contribution in [0.1, 0.15) is 53.0 Å². The lowest BCUT2D eigenvalue weighted by Crippen LogP contribution is -2.37. The van der Waals surface area contributed by atoms with Gasteiger partial charge in [0, 0.05) is 32.8 Å². The average Bonchev–Trinajstić information content (AvgIpc) is 2.76. The standard InChI is InChI=1S/C25H41NO7/c1-6-15-30-16-8-13-26(24(29)33-19-25(3,4)5)14-17-32-21-11-9-20(10-12-21)18-22(23(27)28)31-7-2/h9-12,22H,6-8,13-19H2,1-5H3,(H,27,28). The van der Waals surface area contributed by atoms with E-state index >= 15 is 0 Å². The minimum absolute atomic E-state index is 0.106. The quantitative estimate of drug-likeness (QED) is 0.360. The first-order chi connectivity index (χ1) is 15.7. The number of aliphatic carboxylic acids is 1. The molecular formula is C25H41NO7. The van der Waals surface area contributed by atoms with Crippen molar-refractivity contribution in [2.75, 3.05) is 46.1 Å². The topological polar surface area (TPSA) is 94.5 Å². The number of carboxylic acids is 1. The molecular weight excluding hydrogens is 426 g/mol. The minimum Gasteiger partial charge on any atom is -0.492 e. The summed E-state index contributed by atoms with van der Waals surface area (Å²) in [7, 11) is 0. The summed E-state index contributed by atoms with van der Waals surface area (Å²) in [6.45, 7) is 13.1. The molecule has 0 bridgehead atoms. The molecule has 0 aromatic heterocycles. The number of rotatable bonds is 16. The predicted octanol–water partition coefficient (Wildman–Crippen LogP) is 4.40. The molecule has 0 aliphatic rings. The fourth-order valence-corrected chi connectivity index (χ4v) is 2.90. The number of nitrogens with zero attached hydrogens (tertiary/aromatic N) is 1. The summed E-state index contributed by atoms with van der Waals surface area (Å²) < 4.78 is 22.0. The third kappa shape index (κ3) is 13.1. The summed E-state index contributed by atoms with van der Waals surface area (Å²) in [6.07, 6.45) is 0.763. The third-order valence-corrected chi connectivity index (χ3v) is 4.57. The van der Waals surface area contributed by atoms with Crippen molar-refractivity contribution in [3.63, 3.8) is 0 Å². The zero-order valence-corrected chi connectivity index (χ0v) is 20.8. The van der Waals surface area contributed by atoms with Crippen LogP contribution in [0.25, 0.3) is 0 Å². The molecule has 1 atom stereocenters. The molecule has 0 fully saturated rings. The number of ether oxygens (including phenoxy) is 4. The fourth-order valence-electron chi connectivity index (χ4n) is 2.90. The van der Waals surface area contributed by atoms with Crippen LogP contribution in [-0.2, 0) is 25.4 Å². The summed E-state index contributed by atoms with van der Waals surface area (Å²) in [5.74, 6) is -0.327. The number of carbonyl (C=O) groups excluding carboxylic acids is 1. The molecule has 1 amide bonds. The lowest BCUT2D eigenvalue weighted by Gasteiger charge is -2.25. The maximum atomic E-state index is 12.6. The van der Waals surface area contributed by atoms with Crippen LogP contribution in [0.5, 0.6) is 5.75 Å². The van der Waals surface area contributed by atoms with Gasteiger partial charge in [-0.1, -0.05) is 39.8 Å². The van der Waals surface area contributed by atoms with Crippen LogP contribution >= 0.6 is 0 Å². The van der Waals surface area contributed by atoms with Crippen molar-refractivity contribution in [1.29, 1.82) is 0 Å². The molecule has 0 radical (unpaired) electrons. The van der Waals surface area contributed by atoms with Gasteiger partial charge in [0.15, 0.2) is 6.10 Å². The zero-order chi connectivity index (χ0) is 24.7. The van der Waals surface area contributed by atoms with Gasteiger partial charge >= 0.3 is 12.1 Å². The van der Waals surface area contributed by atoms with Crippen molar-refractivity contribution >= 4 is 12.1 Å². The van der Waals surface area contributed by atoms with Gasteiger partial charge in [0.2, 0.25) is 0 Å². The summed E-state index contributed by atoms with van der Waals surface area (Å²) in [6, 6.07) is 7.23. The van der Waals surface area contributed by atoms with E-state index in [-0.39, 0.29) is 17.9 Å². The molecule has 0 saturated carbocycles. The van der Waals surface area contributed by atoms with Crippen molar-refractivity contribution in [2.24, 2.45) is 5.41 Å². The Bertz CT molecular complexity index is 685. The van der Waals surface area contributed by atoms with Crippen LogP contribution < -0.4 is 4.74 Å². The highest BCUT2D eigenvalue weighted by Crippen LogP contribution is 2.16. The van der Waals surface area contributed by atoms with E-state index in [0.717, 1.165) is 18.4 Å². The first-order valence-corrected chi connectivity index (χ1v) is 11.7. The number of hydrogen-bond acceptors (Lipinski definition) is 6. The van der Waals surface area contributed by atoms with Crippen LogP contribution in [-0.4, -0.2) is 74.3 Å². The summed E-state index contributed by atoms with van der Waals surface area (Å²) in [5.41, 5.74) is 0.744. The SMILES string of the molecule is CCCOCCCN(CCOc1ccc(CC(OCC)C(=O)O)cc1)C(=O)OCC(C)(C)C. The molecule has 188 valence electrons. The second-order valence-electron chi connectivity index (χ2n) is 9.05. The van der Waals surface area contributed by atoms with E-state index in [1.165, 1.54) is 0 Å². The van der Waals surface area contributed by atoms with Gasteiger partial charge in [0.25, 0.3) is 0 Å². The highest BCUT2D eigenvalue weighted by atomic mass is 16.6. The zero-order valence-electron chi connectivity index (χ0n) is 20.8. The molecule has 0 aliphatic carbocycles. The maximum Gasteiger partial charge on any atom is 0.409 e. The highest BCUT2D eigenvalue weighted by Gasteiger charge is 2.20. The van der Waals surface area contributed by atoms with E-state index in [1.807, 2.05) is 32.9 Å². The van der Waals surface area contributed by atoms with E-state index in [9.17, 15) is 14.7 Å². The van der Waals surface area contributed by atoms with Crippen LogP contribution in [0.15, 0.2) is 24.3 Å². The molecule has 8 heteroatoms. The van der Waals surface area contributed by atoms with Gasteiger partial charge < -0.3 is 29.0 Å². The normalized spacial score (nSPS) is 12.3. The van der Waals surface area contributed by atoms with Crippen LogP contribution in [0.2, 0.25) is 0 Å². The molecule has 1 rings (SSSR count). The monoisotopic (exact) mass is 467 g/mol. The van der Waals surface area contributed by atoms with Gasteiger partial charge in [-0.15, -0.1) is 0 Å². The molecule has 1 N–H and O–H groups in total. The van der Waals surface area contributed by atoms with Crippen molar-refractivity contribution in [1.82, 2.24) is 4.90 Å². The third-order valence-electron chi connectivity index (χ3n) is 4.57. The highest BCUT2D eigenvalue weighted by molar-refractivity contribution is 5.72. The van der Waals surface area contributed by atoms with Gasteiger partial charge in [-0.05, 0) is 42.9 Å². The van der Waals surface area contributed by atoms with E-state index in [2.05, 4.69) is 6.92 Å². The number of hydrogen-bond donors (Lipinski definition) is 1. The first kappa shape index (κ1) is 28.7. The van der Waals surface area contributed by atoms with E-state index in [0.29, 0.717) is 51.9 Å². The van der Waals surface area contributed by atoms with Gasteiger partial charge in [-0.3, -0.25) is 0 Å². The van der Waals surface area contributed by atoms with Crippen molar-refractivity contribution in [3.8, 4) is 5.75 Å². The Labute approximate surface area is 198 Å². The number of carboxylic acid groups (broad SMARTS) is 1. The van der Waals surface area contributed by atoms with E-state index in [1.54, 1.807) is 24.0 Å². The number of carbonyl (C=O) groups is 2. The fraction of sp³-hybridized carbons (Fsp3) is 0.680. The van der Waals surface area contributed by atoms with Crippen molar-refractivity contribution in [2.45, 2.75) is 60.0 Å². The Morgan fingerprint density at radius 2 is 1.73 bits per heavy atom. The van der Waals surface area contributed by atoms with Crippen molar-refractivity contribution < 1.29 is 33.6 Å². The van der Waals surface area contributed by atoms with Gasteiger partial charge in [0.1, 0.15) is 12.4 Å². The Kier molecular flexibility index (Phi) is 13.5. The second-order valence-corrected chi connectivity index (χ2v) is 9.05. The molecule has 0 saturated heterocycles. The van der Waals surface area contributed by atoms with E-state index in [4.69, 9.17) is 18.9 Å². The Hall–Kier alpha value is -2.32. The Morgan fingerprint density at radius 3 is 2.30 bits per heavy atom. The summed E-state index contributed by atoms with van der Waals surface area (Å²) >= 11 is 0. The second kappa shape index (κ2) is 15.5. The Balaban J connectivity index is 2.57.